The molecule has 1 amide bonds. The van der Waals surface area contributed by atoms with Gasteiger partial charge in [0.15, 0.2) is 5.65 Å². The molecule has 0 aliphatic carbocycles. The van der Waals surface area contributed by atoms with Gasteiger partial charge in [-0.05, 0) is 49.7 Å². The Morgan fingerprint density at radius 3 is 2.70 bits per heavy atom. The molecule has 0 saturated heterocycles. The van der Waals surface area contributed by atoms with Crippen LogP contribution in [0.2, 0.25) is 5.02 Å². The van der Waals surface area contributed by atoms with Gasteiger partial charge < -0.3 is 10.1 Å². The topological polar surface area (TPSA) is 69.0 Å². The lowest BCUT2D eigenvalue weighted by Gasteiger charge is -2.10. The van der Waals surface area contributed by atoms with E-state index in [0.29, 0.717) is 33.9 Å². The lowest BCUT2D eigenvalue weighted by molar-refractivity contribution is 0.0952. The molecular formula is C23H21ClN4O2. The Kier molecular flexibility index (Phi) is 5.42. The van der Waals surface area contributed by atoms with Gasteiger partial charge in [-0.2, -0.15) is 5.10 Å². The molecule has 4 aromatic rings. The number of pyridine rings is 1. The molecule has 0 radical (unpaired) electrons. The van der Waals surface area contributed by atoms with Crippen LogP contribution in [0.4, 0.5) is 0 Å². The highest BCUT2D eigenvalue weighted by atomic mass is 35.5. The van der Waals surface area contributed by atoms with E-state index in [1.165, 1.54) is 0 Å². The highest BCUT2D eigenvalue weighted by molar-refractivity contribution is 6.32. The fourth-order valence-corrected chi connectivity index (χ4v) is 3.66. The molecule has 0 spiro atoms. The van der Waals surface area contributed by atoms with Gasteiger partial charge in [0.1, 0.15) is 5.75 Å². The van der Waals surface area contributed by atoms with E-state index in [1.54, 1.807) is 23.9 Å². The first-order valence-electron chi connectivity index (χ1n) is 9.51. The number of ether oxygens (including phenoxy) is 1. The van der Waals surface area contributed by atoms with Crippen molar-refractivity contribution in [3.05, 3.63) is 82.1 Å². The number of para-hydroxylation sites is 1. The number of fused-ring (bicyclic) bond motifs is 1. The van der Waals surface area contributed by atoms with Crippen LogP contribution in [0.15, 0.2) is 54.6 Å². The zero-order valence-corrected chi connectivity index (χ0v) is 17.7. The maximum atomic E-state index is 13.1. The number of carbonyl (C=O) groups is 1. The summed E-state index contributed by atoms with van der Waals surface area (Å²) >= 11 is 6.37. The van der Waals surface area contributed by atoms with Crippen LogP contribution < -0.4 is 10.1 Å². The van der Waals surface area contributed by atoms with E-state index in [9.17, 15) is 4.79 Å². The number of methoxy groups -OCH3 is 1. The summed E-state index contributed by atoms with van der Waals surface area (Å²) in [6.45, 7) is 4.11. The smallest absolute Gasteiger partial charge is 0.252 e. The van der Waals surface area contributed by atoms with Crippen LogP contribution in [-0.2, 0) is 6.54 Å². The first-order chi connectivity index (χ1) is 14.5. The maximum absolute atomic E-state index is 13.1. The second-order valence-electron chi connectivity index (χ2n) is 6.99. The summed E-state index contributed by atoms with van der Waals surface area (Å²) in [6, 6.07) is 16.8. The molecule has 4 rings (SSSR count). The molecule has 152 valence electrons. The zero-order chi connectivity index (χ0) is 21.3. The summed E-state index contributed by atoms with van der Waals surface area (Å²) in [4.78, 5) is 17.7. The first-order valence-corrected chi connectivity index (χ1v) is 9.88. The van der Waals surface area contributed by atoms with Gasteiger partial charge in [0.25, 0.3) is 5.91 Å². The van der Waals surface area contributed by atoms with Crippen LogP contribution in [0.1, 0.15) is 27.3 Å². The van der Waals surface area contributed by atoms with Crippen molar-refractivity contribution >= 4 is 28.5 Å². The Hall–Kier alpha value is -3.38. The van der Waals surface area contributed by atoms with Crippen LogP contribution in [-0.4, -0.2) is 27.8 Å². The summed E-state index contributed by atoms with van der Waals surface area (Å²) in [5.74, 6) is 0.566. The van der Waals surface area contributed by atoms with Crippen molar-refractivity contribution in [2.24, 2.45) is 0 Å². The molecule has 6 nitrogen and oxygen atoms in total. The van der Waals surface area contributed by atoms with Gasteiger partial charge >= 0.3 is 0 Å². The lowest BCUT2D eigenvalue weighted by atomic mass is 10.1. The van der Waals surface area contributed by atoms with E-state index >= 15 is 0 Å². The maximum Gasteiger partial charge on any atom is 0.252 e. The van der Waals surface area contributed by atoms with E-state index in [1.807, 2.05) is 56.3 Å². The molecule has 0 atom stereocenters. The number of rotatable bonds is 5. The predicted octanol–water partition coefficient (Wildman–Crippen LogP) is 4.63. The first kappa shape index (κ1) is 19.9. The van der Waals surface area contributed by atoms with E-state index in [0.717, 1.165) is 22.7 Å². The van der Waals surface area contributed by atoms with Crippen molar-refractivity contribution in [2.45, 2.75) is 20.4 Å². The van der Waals surface area contributed by atoms with Gasteiger partial charge in [0, 0.05) is 12.2 Å². The molecule has 0 saturated carbocycles. The van der Waals surface area contributed by atoms with Gasteiger partial charge in [0.05, 0.1) is 34.5 Å². The average molecular weight is 421 g/mol. The average Bonchev–Trinajstić information content (AvgIpc) is 3.07. The molecule has 1 N–H and O–H groups in total. The number of hydrogen-bond acceptors (Lipinski definition) is 4. The van der Waals surface area contributed by atoms with Gasteiger partial charge in [-0.25, -0.2) is 9.67 Å². The zero-order valence-electron chi connectivity index (χ0n) is 16.9. The highest BCUT2D eigenvalue weighted by Gasteiger charge is 2.20. The van der Waals surface area contributed by atoms with Crippen LogP contribution >= 0.6 is 11.6 Å². The molecular weight excluding hydrogens is 400 g/mol. The highest BCUT2D eigenvalue weighted by Crippen LogP contribution is 2.28. The standard InChI is InChI=1S/C23H21ClN4O2/c1-14-11-18(23(29)25-13-16-7-6-8-17(12-16)30-3)21-15(2)27-28(22(21)26-14)20-10-5-4-9-19(20)24/h4-12H,13H2,1-3H3,(H,25,29). The van der Waals surface area contributed by atoms with Crippen LogP contribution in [0.25, 0.3) is 16.7 Å². The number of amides is 1. The van der Waals surface area contributed by atoms with Crippen LogP contribution in [0, 0.1) is 13.8 Å². The van der Waals surface area contributed by atoms with E-state index in [-0.39, 0.29) is 5.91 Å². The minimum Gasteiger partial charge on any atom is -0.497 e. The van der Waals surface area contributed by atoms with Crippen molar-refractivity contribution in [1.29, 1.82) is 0 Å². The van der Waals surface area contributed by atoms with Crippen molar-refractivity contribution in [3.8, 4) is 11.4 Å². The number of aromatic nitrogens is 3. The third-order valence-electron chi connectivity index (χ3n) is 4.85. The molecule has 0 aliphatic heterocycles. The monoisotopic (exact) mass is 420 g/mol. The quantitative estimate of drug-likeness (QED) is 0.511. The Balaban J connectivity index is 1.72. The third-order valence-corrected chi connectivity index (χ3v) is 5.17. The predicted molar refractivity (Wildman–Crippen MR) is 118 cm³/mol. The molecule has 2 heterocycles. The Morgan fingerprint density at radius 1 is 1.13 bits per heavy atom. The number of nitrogens with zero attached hydrogens (tertiary/aromatic N) is 3. The molecule has 0 aliphatic rings. The van der Waals surface area contributed by atoms with Crippen molar-refractivity contribution in [2.75, 3.05) is 7.11 Å². The van der Waals surface area contributed by atoms with Gasteiger partial charge in [-0.1, -0.05) is 35.9 Å². The van der Waals surface area contributed by atoms with Gasteiger partial charge in [-0.15, -0.1) is 0 Å². The number of aryl methyl sites for hydroxylation is 2. The molecule has 7 heteroatoms. The van der Waals surface area contributed by atoms with Crippen LogP contribution in [0.3, 0.4) is 0 Å². The van der Waals surface area contributed by atoms with E-state index in [2.05, 4.69) is 15.4 Å². The summed E-state index contributed by atoms with van der Waals surface area (Å²) in [5.41, 5.74) is 4.25. The minimum absolute atomic E-state index is 0.185. The number of hydrogen-bond donors (Lipinski definition) is 1. The van der Waals surface area contributed by atoms with Crippen molar-refractivity contribution < 1.29 is 9.53 Å². The number of nitrogens with one attached hydrogen (secondary N) is 1. The molecule has 2 aromatic carbocycles. The summed E-state index contributed by atoms with van der Waals surface area (Å²) in [5, 5.41) is 8.88. The SMILES string of the molecule is COc1cccc(CNC(=O)c2cc(C)nc3c2c(C)nn3-c2ccccc2Cl)c1. The van der Waals surface area contributed by atoms with Crippen LogP contribution in [0.5, 0.6) is 5.75 Å². The van der Waals surface area contributed by atoms with Gasteiger partial charge in [0.2, 0.25) is 0 Å². The van der Waals surface area contributed by atoms with Crippen molar-refractivity contribution in [1.82, 2.24) is 20.1 Å². The Morgan fingerprint density at radius 2 is 1.93 bits per heavy atom. The molecule has 2 aromatic heterocycles. The van der Waals surface area contributed by atoms with Crippen molar-refractivity contribution in [3.63, 3.8) is 0 Å². The van der Waals surface area contributed by atoms with E-state index < -0.39 is 0 Å². The summed E-state index contributed by atoms with van der Waals surface area (Å²) < 4.78 is 6.94. The second-order valence-corrected chi connectivity index (χ2v) is 7.40. The number of benzene rings is 2. The molecule has 0 unspecified atom stereocenters. The normalized spacial score (nSPS) is 10.9. The minimum atomic E-state index is -0.185. The second kappa shape index (κ2) is 8.16. The Labute approximate surface area is 179 Å². The van der Waals surface area contributed by atoms with E-state index in [4.69, 9.17) is 16.3 Å². The largest absolute Gasteiger partial charge is 0.497 e. The number of carbonyl (C=O) groups excluding carboxylic acids is 1. The molecule has 0 fully saturated rings. The molecule has 0 bridgehead atoms. The third kappa shape index (κ3) is 3.74. The fraction of sp³-hybridized carbons (Fsp3) is 0.174. The fourth-order valence-electron chi connectivity index (χ4n) is 3.44. The lowest BCUT2D eigenvalue weighted by Crippen LogP contribution is -2.23. The molecule has 30 heavy (non-hydrogen) atoms. The summed E-state index contributed by atoms with van der Waals surface area (Å²) in [7, 11) is 1.62. The number of halogens is 1. The Bertz CT molecular complexity index is 1250. The van der Waals surface area contributed by atoms with Gasteiger partial charge in [-0.3, -0.25) is 4.79 Å². The summed E-state index contributed by atoms with van der Waals surface area (Å²) in [6.07, 6.45) is 0.